The van der Waals surface area contributed by atoms with Crippen LogP contribution in [-0.2, 0) is 19.6 Å². The number of benzene rings is 1. The highest BCUT2D eigenvalue weighted by Crippen LogP contribution is 2.24. The summed E-state index contributed by atoms with van der Waals surface area (Å²) in [4.78, 5) is 26.0. The van der Waals surface area contributed by atoms with Gasteiger partial charge in [0.05, 0.1) is 16.3 Å². The van der Waals surface area contributed by atoms with Crippen LogP contribution in [0.25, 0.3) is 0 Å². The van der Waals surface area contributed by atoms with Gasteiger partial charge < -0.3 is 19.7 Å². The topological polar surface area (TPSA) is 155 Å². The van der Waals surface area contributed by atoms with Gasteiger partial charge in [-0.3, -0.25) is 9.62 Å². The maximum atomic E-state index is 12.7. The van der Waals surface area contributed by atoms with E-state index in [9.17, 15) is 22.4 Å². The minimum atomic E-state index is -3.79. The van der Waals surface area contributed by atoms with Gasteiger partial charge in [0.25, 0.3) is 10.0 Å². The molecule has 1 aliphatic rings. The zero-order chi connectivity index (χ0) is 28.1. The third-order valence-electron chi connectivity index (χ3n) is 5.21. The van der Waals surface area contributed by atoms with Gasteiger partial charge in [0, 0.05) is 31.3 Å². The molecule has 0 saturated carbocycles. The number of hydrogen-bond donors (Lipinski definition) is 3. The fourth-order valence-corrected chi connectivity index (χ4v) is 4.63. The molecule has 1 saturated heterocycles. The largest absolute Gasteiger partial charge is 0.491 e. The van der Waals surface area contributed by atoms with E-state index in [1.165, 1.54) is 24.3 Å². The van der Waals surface area contributed by atoms with E-state index >= 15 is 0 Å². The van der Waals surface area contributed by atoms with Crippen molar-refractivity contribution in [2.45, 2.75) is 37.7 Å². The molecule has 3 N–H and O–H groups in total. The fourth-order valence-electron chi connectivity index (χ4n) is 3.51. The number of nitrogens with zero attached hydrogens (tertiary/aromatic N) is 2. The average molecular weight is 554 g/mol. The first-order valence-electron chi connectivity index (χ1n) is 11.9. The minimum absolute atomic E-state index is 0.0683. The fraction of sp³-hybridized carbons (Fsp3) is 0.400. The lowest BCUT2D eigenvalue weighted by Gasteiger charge is -2.16. The Bertz CT molecular complexity index is 1190. The number of carboxylic acid groups (broad SMARTS) is 2. The van der Waals surface area contributed by atoms with Crippen LogP contribution in [0, 0.1) is 6.92 Å². The predicted molar refractivity (Wildman–Crippen MR) is 138 cm³/mol. The molecular formula is C25H32FN3O8S. The Labute approximate surface area is 221 Å². The van der Waals surface area contributed by atoms with E-state index in [1.807, 2.05) is 0 Å². The summed E-state index contributed by atoms with van der Waals surface area (Å²) in [6.45, 7) is 6.19. The van der Waals surface area contributed by atoms with Crippen molar-refractivity contribution in [2.24, 2.45) is 0 Å². The number of likely N-dealkylation sites (tertiary alicyclic amines) is 1. The maximum absolute atomic E-state index is 12.7. The number of alkyl halides is 1. The maximum Gasteiger partial charge on any atom is 0.328 e. The highest BCUT2D eigenvalue weighted by molar-refractivity contribution is 7.92. The zero-order valence-electron chi connectivity index (χ0n) is 21.2. The molecule has 0 bridgehead atoms. The van der Waals surface area contributed by atoms with Crippen molar-refractivity contribution in [1.29, 1.82) is 0 Å². The number of aryl methyl sites for hydroxylation is 1. The van der Waals surface area contributed by atoms with E-state index in [1.54, 1.807) is 19.1 Å². The SMILES string of the molecule is CCCN1CCC(Oc2ccc(NS(=O)(=O)c3ccc(OCCF)cc3)c(C)n2)C1.O=C(O)/C=C/C(=O)O. The summed E-state index contributed by atoms with van der Waals surface area (Å²) in [6.07, 6.45) is 3.29. The third-order valence-corrected chi connectivity index (χ3v) is 6.59. The number of anilines is 1. The second kappa shape index (κ2) is 14.9. The molecule has 11 nitrogen and oxygen atoms in total. The lowest BCUT2D eigenvalue weighted by molar-refractivity contribution is -0.134. The normalized spacial score (nSPS) is 15.5. The van der Waals surface area contributed by atoms with Crippen LogP contribution in [0.1, 0.15) is 25.5 Å². The molecule has 1 aromatic carbocycles. The van der Waals surface area contributed by atoms with Gasteiger partial charge in [-0.1, -0.05) is 6.92 Å². The molecule has 1 atom stereocenters. The first kappa shape index (κ1) is 30.5. The highest BCUT2D eigenvalue weighted by Gasteiger charge is 2.24. The minimum Gasteiger partial charge on any atom is -0.491 e. The van der Waals surface area contributed by atoms with Crippen LogP contribution in [-0.4, -0.2) is 79.5 Å². The molecule has 2 heterocycles. The van der Waals surface area contributed by atoms with E-state index < -0.39 is 28.6 Å². The molecule has 2 aromatic rings. The van der Waals surface area contributed by atoms with Crippen molar-refractivity contribution in [2.75, 3.05) is 37.6 Å². The summed E-state index contributed by atoms with van der Waals surface area (Å²) in [5, 5.41) is 15.6. The molecule has 0 amide bonds. The van der Waals surface area contributed by atoms with Crippen LogP contribution in [0.4, 0.5) is 10.1 Å². The number of ether oxygens (including phenoxy) is 2. The number of aromatic nitrogens is 1. The highest BCUT2D eigenvalue weighted by atomic mass is 32.2. The van der Waals surface area contributed by atoms with Gasteiger partial charge >= 0.3 is 11.9 Å². The van der Waals surface area contributed by atoms with Gasteiger partial charge in [-0.15, -0.1) is 0 Å². The van der Waals surface area contributed by atoms with Crippen molar-refractivity contribution in [1.82, 2.24) is 9.88 Å². The summed E-state index contributed by atoms with van der Waals surface area (Å²) in [7, 11) is -3.79. The van der Waals surface area contributed by atoms with Crippen LogP contribution in [0.2, 0.25) is 0 Å². The van der Waals surface area contributed by atoms with Gasteiger partial charge in [0.2, 0.25) is 5.88 Å². The van der Waals surface area contributed by atoms with Crippen LogP contribution < -0.4 is 14.2 Å². The molecule has 1 aromatic heterocycles. The summed E-state index contributed by atoms with van der Waals surface area (Å²) in [5.41, 5.74) is 0.918. The van der Waals surface area contributed by atoms with Gasteiger partial charge in [0.15, 0.2) is 0 Å². The van der Waals surface area contributed by atoms with E-state index in [0.29, 0.717) is 35.2 Å². The van der Waals surface area contributed by atoms with Gasteiger partial charge in [-0.25, -0.2) is 27.4 Å². The second-order valence-electron chi connectivity index (χ2n) is 8.24. The van der Waals surface area contributed by atoms with E-state index in [4.69, 9.17) is 19.7 Å². The Kier molecular flexibility index (Phi) is 12.0. The molecule has 1 unspecified atom stereocenters. The molecule has 1 aliphatic heterocycles. The molecule has 38 heavy (non-hydrogen) atoms. The van der Waals surface area contributed by atoms with Gasteiger partial charge in [-0.05, 0) is 56.6 Å². The summed E-state index contributed by atoms with van der Waals surface area (Å²) in [6, 6.07) is 9.16. The number of aliphatic carboxylic acids is 2. The first-order chi connectivity index (χ1) is 18.0. The second-order valence-corrected chi connectivity index (χ2v) is 9.92. The summed E-state index contributed by atoms with van der Waals surface area (Å²) >= 11 is 0. The molecule has 208 valence electrons. The smallest absolute Gasteiger partial charge is 0.328 e. The van der Waals surface area contributed by atoms with Crippen LogP contribution >= 0.6 is 0 Å². The van der Waals surface area contributed by atoms with Crippen molar-refractivity contribution < 1.29 is 42.1 Å². The van der Waals surface area contributed by atoms with Crippen molar-refractivity contribution in [3.63, 3.8) is 0 Å². The van der Waals surface area contributed by atoms with Crippen LogP contribution in [0.15, 0.2) is 53.4 Å². The number of rotatable bonds is 12. The zero-order valence-corrected chi connectivity index (χ0v) is 22.0. The molecule has 3 rings (SSSR count). The number of carboxylic acids is 2. The van der Waals surface area contributed by atoms with Gasteiger partial charge in [0.1, 0.15) is 25.1 Å². The van der Waals surface area contributed by atoms with Crippen LogP contribution in [0.3, 0.4) is 0 Å². The van der Waals surface area contributed by atoms with Crippen molar-refractivity contribution >= 4 is 27.6 Å². The summed E-state index contributed by atoms with van der Waals surface area (Å²) < 4.78 is 51.2. The van der Waals surface area contributed by atoms with Gasteiger partial charge in [-0.2, -0.15) is 0 Å². The Hall–Kier alpha value is -3.71. The van der Waals surface area contributed by atoms with Crippen molar-refractivity contribution in [3.05, 3.63) is 54.2 Å². The Balaban J connectivity index is 0.000000550. The predicted octanol–water partition coefficient (Wildman–Crippen LogP) is 3.11. The monoisotopic (exact) mass is 553 g/mol. The Morgan fingerprint density at radius 3 is 2.37 bits per heavy atom. The van der Waals surface area contributed by atoms with Crippen LogP contribution in [0.5, 0.6) is 11.6 Å². The van der Waals surface area contributed by atoms with E-state index in [2.05, 4.69) is 21.5 Å². The quantitative estimate of drug-likeness (QED) is 0.334. The lowest BCUT2D eigenvalue weighted by atomic mass is 10.3. The Morgan fingerprint density at radius 2 is 1.82 bits per heavy atom. The first-order valence-corrected chi connectivity index (χ1v) is 13.3. The number of carbonyl (C=O) groups is 2. The number of nitrogens with one attached hydrogen (secondary N) is 1. The molecule has 0 radical (unpaired) electrons. The number of halogens is 1. The molecular weight excluding hydrogens is 521 g/mol. The average Bonchev–Trinajstić information content (AvgIpc) is 3.30. The molecule has 13 heteroatoms. The lowest BCUT2D eigenvalue weighted by Crippen LogP contribution is -2.25. The molecule has 0 spiro atoms. The molecule has 0 aliphatic carbocycles. The standard InChI is InChI=1S/C21H28FN3O4S.C4H4O4/c1-3-12-25-13-10-18(15-25)29-21-9-8-20(16(2)23-21)24-30(26,27)19-6-4-17(5-7-19)28-14-11-22;5-3(6)1-2-4(7)8/h4-9,18,24H,3,10-15H2,1-2H3;1-2H,(H,5,6)(H,7,8)/b;2-1+. The van der Waals surface area contributed by atoms with E-state index in [0.717, 1.165) is 32.5 Å². The van der Waals surface area contributed by atoms with Crippen molar-refractivity contribution in [3.8, 4) is 11.6 Å². The molecule has 1 fully saturated rings. The number of sulfonamides is 1. The third kappa shape index (κ3) is 10.3. The Morgan fingerprint density at radius 1 is 1.16 bits per heavy atom. The number of hydrogen-bond acceptors (Lipinski definition) is 8. The number of pyridine rings is 1. The van der Waals surface area contributed by atoms with E-state index in [-0.39, 0.29) is 17.6 Å². The summed E-state index contributed by atoms with van der Waals surface area (Å²) in [5.74, 6) is -1.61.